The zero-order valence-electron chi connectivity index (χ0n) is 13.1. The van der Waals surface area contributed by atoms with Gasteiger partial charge in [-0.15, -0.1) is 10.2 Å². The van der Waals surface area contributed by atoms with E-state index < -0.39 is 0 Å². The number of nitrogens with one attached hydrogen (secondary N) is 1. The molecule has 0 radical (unpaired) electrons. The van der Waals surface area contributed by atoms with Crippen LogP contribution in [0.4, 0.5) is 10.1 Å². The number of aryl methyl sites for hydroxylation is 1. The third-order valence-corrected chi connectivity index (χ3v) is 5.07. The molecule has 1 unspecified atom stereocenters. The van der Waals surface area contributed by atoms with Crippen molar-refractivity contribution in [3.05, 3.63) is 59.9 Å². The van der Waals surface area contributed by atoms with Gasteiger partial charge in [0, 0.05) is 11.3 Å². The minimum atomic E-state index is -0.370. The lowest BCUT2D eigenvalue weighted by Gasteiger charge is -2.09. The minimum Gasteiger partial charge on any atom is -0.411 e. The number of hydrogen-bond donors (Lipinski definition) is 1. The smallest absolute Gasteiger partial charge is 0.277 e. The summed E-state index contributed by atoms with van der Waals surface area (Å²) in [6, 6.07) is 13.7. The van der Waals surface area contributed by atoms with Crippen molar-refractivity contribution < 1.29 is 13.6 Å². The number of anilines is 1. The molecule has 126 valence electrons. The Kier molecular flexibility index (Phi) is 4.23. The quantitative estimate of drug-likeness (QED) is 0.771. The maximum atomic E-state index is 13.3. The number of nitrogens with zero attached hydrogens (tertiary/aromatic N) is 2. The molecule has 25 heavy (non-hydrogen) atoms. The van der Waals surface area contributed by atoms with Crippen molar-refractivity contribution in [3.8, 4) is 11.5 Å². The Bertz CT molecular complexity index is 928. The monoisotopic (exact) mass is 355 g/mol. The second kappa shape index (κ2) is 6.68. The number of hydrogen-bond acceptors (Lipinski definition) is 5. The highest BCUT2D eigenvalue weighted by Gasteiger charge is 2.26. The summed E-state index contributed by atoms with van der Waals surface area (Å²) < 4.78 is 18.9. The van der Waals surface area contributed by atoms with Gasteiger partial charge in [-0.05, 0) is 42.7 Å². The first-order chi connectivity index (χ1) is 12.2. The average molecular weight is 355 g/mol. The van der Waals surface area contributed by atoms with Crippen LogP contribution in [0.5, 0.6) is 0 Å². The van der Waals surface area contributed by atoms with Crippen LogP contribution in [0.25, 0.3) is 11.5 Å². The molecule has 1 aromatic heterocycles. The molecule has 0 spiro atoms. The molecule has 4 rings (SSSR count). The van der Waals surface area contributed by atoms with E-state index in [1.165, 1.54) is 23.9 Å². The van der Waals surface area contributed by atoms with E-state index in [9.17, 15) is 9.18 Å². The highest BCUT2D eigenvalue weighted by atomic mass is 32.2. The highest BCUT2D eigenvalue weighted by Crippen LogP contribution is 2.32. The Morgan fingerprint density at radius 3 is 2.92 bits per heavy atom. The maximum Gasteiger partial charge on any atom is 0.277 e. The lowest BCUT2D eigenvalue weighted by Crippen LogP contribution is -2.23. The molecule has 2 aromatic carbocycles. The van der Waals surface area contributed by atoms with Crippen LogP contribution in [-0.2, 0) is 11.2 Å². The van der Waals surface area contributed by atoms with E-state index in [-0.39, 0.29) is 22.9 Å². The summed E-state index contributed by atoms with van der Waals surface area (Å²) in [6.45, 7) is 0. The first-order valence-corrected chi connectivity index (χ1v) is 8.72. The van der Waals surface area contributed by atoms with Gasteiger partial charge in [0.1, 0.15) is 5.82 Å². The number of benzene rings is 2. The zero-order valence-corrected chi connectivity index (χ0v) is 13.9. The van der Waals surface area contributed by atoms with Crippen LogP contribution in [0.1, 0.15) is 12.0 Å². The molecule has 1 aliphatic rings. The second-order valence-electron chi connectivity index (χ2n) is 5.68. The van der Waals surface area contributed by atoms with Gasteiger partial charge in [-0.3, -0.25) is 4.79 Å². The highest BCUT2D eigenvalue weighted by molar-refractivity contribution is 8.00. The van der Waals surface area contributed by atoms with Gasteiger partial charge in [-0.1, -0.05) is 36.0 Å². The number of thioether (sulfide) groups is 1. The minimum absolute atomic E-state index is 0.0829. The number of aromatic nitrogens is 2. The number of rotatable bonds is 3. The van der Waals surface area contributed by atoms with Crippen LogP contribution < -0.4 is 5.32 Å². The summed E-state index contributed by atoms with van der Waals surface area (Å²) in [7, 11) is 0. The number of amides is 1. The Morgan fingerprint density at radius 2 is 2.04 bits per heavy atom. The molecule has 3 aromatic rings. The summed E-state index contributed by atoms with van der Waals surface area (Å²) in [5.74, 6) is -0.217. The molecule has 5 nitrogen and oxygen atoms in total. The first-order valence-electron chi connectivity index (χ1n) is 7.84. The lowest BCUT2D eigenvalue weighted by atomic mass is 10.1. The van der Waals surface area contributed by atoms with Gasteiger partial charge in [-0.25, -0.2) is 4.39 Å². The normalized spacial score (nSPS) is 16.8. The van der Waals surface area contributed by atoms with Crippen LogP contribution in [-0.4, -0.2) is 21.4 Å². The summed E-state index contributed by atoms with van der Waals surface area (Å²) in [5, 5.41) is 10.8. The lowest BCUT2D eigenvalue weighted by molar-refractivity contribution is -0.115. The van der Waals surface area contributed by atoms with E-state index in [0.717, 1.165) is 17.7 Å². The standard InChI is InChI=1S/C18H14FN3O2S/c19-13-6-3-5-12(10-13)17-21-22-18(24-17)25-15-9-8-11-4-1-2-7-14(11)20-16(15)23/h1-7,10,15H,8-9H2,(H,20,23). The van der Waals surface area contributed by atoms with Crippen LogP contribution in [0.2, 0.25) is 0 Å². The SMILES string of the molecule is O=C1Nc2ccccc2CCC1Sc1nnc(-c2cccc(F)c2)o1. The average Bonchev–Trinajstić information content (AvgIpc) is 3.02. The molecule has 7 heteroatoms. The van der Waals surface area contributed by atoms with Gasteiger partial charge in [0.25, 0.3) is 5.22 Å². The molecule has 1 amide bonds. The molecule has 1 N–H and O–H groups in total. The molecule has 1 aliphatic heterocycles. The maximum absolute atomic E-state index is 13.3. The van der Waals surface area contributed by atoms with Gasteiger partial charge in [0.2, 0.25) is 11.8 Å². The topological polar surface area (TPSA) is 68.0 Å². The zero-order chi connectivity index (χ0) is 17.2. The molecule has 0 fully saturated rings. The van der Waals surface area contributed by atoms with Crippen molar-refractivity contribution in [1.29, 1.82) is 0 Å². The largest absolute Gasteiger partial charge is 0.411 e. The molecule has 0 saturated carbocycles. The van der Waals surface area contributed by atoms with E-state index in [4.69, 9.17) is 4.42 Å². The first kappa shape index (κ1) is 15.8. The summed E-state index contributed by atoms with van der Waals surface area (Å²) in [5.41, 5.74) is 2.48. The van der Waals surface area contributed by atoms with Gasteiger partial charge in [-0.2, -0.15) is 0 Å². The Labute approximate surface area is 147 Å². The third kappa shape index (κ3) is 3.41. The fourth-order valence-corrected chi connectivity index (χ4v) is 3.58. The van der Waals surface area contributed by atoms with Crippen LogP contribution in [0.15, 0.2) is 58.2 Å². The van der Waals surface area contributed by atoms with Crippen LogP contribution in [0, 0.1) is 5.82 Å². The summed E-state index contributed by atoms with van der Waals surface area (Å²) >= 11 is 1.23. The van der Waals surface area contributed by atoms with Crippen molar-refractivity contribution in [3.63, 3.8) is 0 Å². The number of fused-ring (bicyclic) bond motifs is 1. The van der Waals surface area contributed by atoms with E-state index in [1.54, 1.807) is 12.1 Å². The molecular formula is C18H14FN3O2S. The van der Waals surface area contributed by atoms with Crippen molar-refractivity contribution in [2.75, 3.05) is 5.32 Å². The van der Waals surface area contributed by atoms with E-state index in [2.05, 4.69) is 15.5 Å². The summed E-state index contributed by atoms with van der Waals surface area (Å²) in [4.78, 5) is 12.4. The van der Waals surface area contributed by atoms with Gasteiger partial charge >= 0.3 is 0 Å². The fraction of sp³-hybridized carbons (Fsp3) is 0.167. The fourth-order valence-electron chi connectivity index (χ4n) is 2.72. The Hall–Kier alpha value is -2.67. The van der Waals surface area contributed by atoms with Crippen molar-refractivity contribution in [2.24, 2.45) is 0 Å². The Balaban J connectivity index is 1.50. The molecular weight excluding hydrogens is 341 g/mol. The number of carbonyl (C=O) groups is 1. The van der Waals surface area contributed by atoms with Gasteiger partial charge in [0.15, 0.2) is 0 Å². The predicted molar refractivity (Wildman–Crippen MR) is 92.7 cm³/mol. The third-order valence-electron chi connectivity index (χ3n) is 3.96. The molecule has 2 heterocycles. The number of para-hydroxylation sites is 1. The predicted octanol–water partition coefficient (Wildman–Crippen LogP) is 3.92. The van der Waals surface area contributed by atoms with Crippen molar-refractivity contribution in [2.45, 2.75) is 23.3 Å². The number of carbonyl (C=O) groups excluding carboxylic acids is 1. The van der Waals surface area contributed by atoms with Gasteiger partial charge in [0.05, 0.1) is 5.25 Å². The Morgan fingerprint density at radius 1 is 1.16 bits per heavy atom. The van der Waals surface area contributed by atoms with Crippen molar-refractivity contribution in [1.82, 2.24) is 10.2 Å². The molecule has 1 atom stereocenters. The van der Waals surface area contributed by atoms with E-state index >= 15 is 0 Å². The summed E-state index contributed by atoms with van der Waals surface area (Å²) in [6.07, 6.45) is 1.46. The van der Waals surface area contributed by atoms with E-state index in [1.807, 2.05) is 24.3 Å². The molecule has 0 bridgehead atoms. The second-order valence-corrected chi connectivity index (χ2v) is 6.83. The van der Waals surface area contributed by atoms with Crippen LogP contribution in [0.3, 0.4) is 0 Å². The van der Waals surface area contributed by atoms with Gasteiger partial charge < -0.3 is 9.73 Å². The van der Waals surface area contributed by atoms with Crippen LogP contribution >= 0.6 is 11.8 Å². The van der Waals surface area contributed by atoms with Crippen molar-refractivity contribution >= 4 is 23.4 Å². The van der Waals surface area contributed by atoms with E-state index in [0.29, 0.717) is 17.2 Å². The number of halogens is 1. The molecule has 0 aliphatic carbocycles. The molecule has 0 saturated heterocycles.